The molecule has 112 valence electrons. The zero-order valence-electron chi connectivity index (χ0n) is 12.2. The second-order valence-electron chi connectivity index (χ2n) is 6.11. The maximum Gasteiger partial charge on any atom is 0.149 e. The molecule has 1 saturated heterocycles. The summed E-state index contributed by atoms with van der Waals surface area (Å²) in [6.07, 6.45) is 0.516. The third-order valence-electron chi connectivity index (χ3n) is 3.56. The van der Waals surface area contributed by atoms with Crippen molar-refractivity contribution in [1.82, 2.24) is 5.32 Å². The molecular formula is C15H22F2N2O. The van der Waals surface area contributed by atoms with E-state index in [4.69, 9.17) is 0 Å². The van der Waals surface area contributed by atoms with E-state index in [-0.39, 0.29) is 18.3 Å². The lowest BCUT2D eigenvalue weighted by Gasteiger charge is -2.22. The number of nitrogens with zero attached hydrogens (tertiary/aromatic N) is 1. The minimum Gasteiger partial charge on any atom is -0.388 e. The molecule has 3 nitrogen and oxygen atoms in total. The van der Waals surface area contributed by atoms with E-state index in [1.54, 1.807) is 11.8 Å². The molecule has 0 aromatic heterocycles. The van der Waals surface area contributed by atoms with Crippen LogP contribution in [-0.4, -0.2) is 29.8 Å². The molecule has 0 amide bonds. The highest BCUT2D eigenvalue weighted by Gasteiger charge is 2.33. The molecule has 1 aromatic rings. The normalized spacial score (nSPS) is 22.9. The van der Waals surface area contributed by atoms with Crippen molar-refractivity contribution in [2.75, 3.05) is 18.0 Å². The number of nitrogens with one attached hydrogen (secondary N) is 1. The molecule has 0 radical (unpaired) electrons. The van der Waals surface area contributed by atoms with E-state index in [0.29, 0.717) is 25.1 Å². The molecule has 0 saturated carbocycles. The van der Waals surface area contributed by atoms with Crippen molar-refractivity contribution in [3.8, 4) is 0 Å². The second kappa shape index (κ2) is 5.66. The van der Waals surface area contributed by atoms with Gasteiger partial charge in [0.2, 0.25) is 0 Å². The highest BCUT2D eigenvalue weighted by Crippen LogP contribution is 2.31. The third kappa shape index (κ3) is 3.46. The largest absolute Gasteiger partial charge is 0.388 e. The average Bonchev–Trinajstić information content (AvgIpc) is 2.66. The Morgan fingerprint density at radius 3 is 2.40 bits per heavy atom. The molecule has 1 unspecified atom stereocenters. The van der Waals surface area contributed by atoms with Crippen LogP contribution < -0.4 is 10.2 Å². The Labute approximate surface area is 118 Å². The van der Waals surface area contributed by atoms with Crippen LogP contribution in [-0.2, 0) is 6.54 Å². The summed E-state index contributed by atoms with van der Waals surface area (Å²) in [5.41, 5.74) is -0.323. The molecular weight excluding hydrogens is 262 g/mol. The van der Waals surface area contributed by atoms with Crippen molar-refractivity contribution in [2.24, 2.45) is 0 Å². The van der Waals surface area contributed by atoms with Gasteiger partial charge in [-0.25, -0.2) is 8.78 Å². The van der Waals surface area contributed by atoms with E-state index in [2.05, 4.69) is 5.32 Å². The average molecular weight is 284 g/mol. The van der Waals surface area contributed by atoms with Gasteiger partial charge in [0.1, 0.15) is 17.3 Å². The lowest BCUT2D eigenvalue weighted by Crippen LogP contribution is -2.30. The Hall–Kier alpha value is -1.20. The summed E-state index contributed by atoms with van der Waals surface area (Å²) in [6.45, 7) is 6.79. The van der Waals surface area contributed by atoms with Gasteiger partial charge in [0.05, 0.1) is 5.60 Å². The monoisotopic (exact) mass is 284 g/mol. The number of rotatable bonds is 4. The fourth-order valence-electron chi connectivity index (χ4n) is 2.48. The summed E-state index contributed by atoms with van der Waals surface area (Å²) in [6, 6.07) is 2.98. The molecule has 1 aromatic carbocycles. The lowest BCUT2D eigenvalue weighted by atomic mass is 10.1. The summed E-state index contributed by atoms with van der Waals surface area (Å²) in [7, 11) is 0. The predicted molar refractivity (Wildman–Crippen MR) is 75.8 cm³/mol. The number of hydrogen-bond donors (Lipinski definition) is 2. The molecule has 1 heterocycles. The number of hydrogen-bond acceptors (Lipinski definition) is 3. The van der Waals surface area contributed by atoms with Crippen LogP contribution in [0.2, 0.25) is 0 Å². The molecule has 1 aliphatic rings. The molecule has 1 atom stereocenters. The predicted octanol–water partition coefficient (Wildman–Crippen LogP) is 2.42. The van der Waals surface area contributed by atoms with Crippen LogP contribution in [0.3, 0.4) is 0 Å². The van der Waals surface area contributed by atoms with Crippen LogP contribution in [0, 0.1) is 11.6 Å². The van der Waals surface area contributed by atoms with Crippen molar-refractivity contribution < 1.29 is 13.9 Å². The number of β-amino-alcohol motifs (C(OH)–C–C–N with tert-alkyl or cyclic N) is 1. The third-order valence-corrected chi connectivity index (χ3v) is 3.56. The van der Waals surface area contributed by atoms with Crippen LogP contribution in [0.25, 0.3) is 0 Å². The minimum absolute atomic E-state index is 0.0314. The van der Waals surface area contributed by atoms with Crippen LogP contribution in [0.5, 0.6) is 0 Å². The Balaban J connectivity index is 2.19. The number of halogens is 2. The first kappa shape index (κ1) is 15.2. The molecule has 2 rings (SSSR count). The zero-order chi connectivity index (χ0) is 14.9. The van der Waals surface area contributed by atoms with Gasteiger partial charge in [-0.1, -0.05) is 13.8 Å². The van der Waals surface area contributed by atoms with Crippen molar-refractivity contribution in [2.45, 2.75) is 45.4 Å². The first-order chi connectivity index (χ1) is 9.28. The smallest absolute Gasteiger partial charge is 0.149 e. The van der Waals surface area contributed by atoms with Gasteiger partial charge in [-0.15, -0.1) is 0 Å². The second-order valence-corrected chi connectivity index (χ2v) is 6.11. The SMILES string of the molecule is CC(C)NCc1cc(F)c(N2CCC(C)(O)C2)c(F)c1. The van der Waals surface area contributed by atoms with Crippen molar-refractivity contribution in [3.63, 3.8) is 0 Å². The molecule has 0 bridgehead atoms. The molecule has 1 aliphatic heterocycles. The van der Waals surface area contributed by atoms with Crippen LogP contribution in [0.1, 0.15) is 32.8 Å². The molecule has 2 N–H and O–H groups in total. The maximum absolute atomic E-state index is 14.1. The lowest BCUT2D eigenvalue weighted by molar-refractivity contribution is 0.0839. The van der Waals surface area contributed by atoms with E-state index in [1.165, 1.54) is 12.1 Å². The number of benzene rings is 1. The van der Waals surface area contributed by atoms with Crippen LogP contribution in [0.15, 0.2) is 12.1 Å². The summed E-state index contributed by atoms with van der Waals surface area (Å²) in [4.78, 5) is 1.57. The van der Waals surface area contributed by atoms with Gasteiger partial charge in [0.15, 0.2) is 0 Å². The van der Waals surface area contributed by atoms with Crippen molar-refractivity contribution in [3.05, 3.63) is 29.3 Å². The summed E-state index contributed by atoms with van der Waals surface area (Å²) < 4.78 is 28.3. The van der Waals surface area contributed by atoms with Gasteiger partial charge in [0.25, 0.3) is 0 Å². The summed E-state index contributed by atoms with van der Waals surface area (Å²) in [5, 5.41) is 13.0. The van der Waals surface area contributed by atoms with Crippen LogP contribution >= 0.6 is 0 Å². The quantitative estimate of drug-likeness (QED) is 0.891. The fraction of sp³-hybridized carbons (Fsp3) is 0.600. The first-order valence-corrected chi connectivity index (χ1v) is 6.97. The van der Waals surface area contributed by atoms with Gasteiger partial charge >= 0.3 is 0 Å². The Bertz CT molecular complexity index is 466. The summed E-state index contributed by atoms with van der Waals surface area (Å²) >= 11 is 0. The van der Waals surface area contributed by atoms with Gasteiger partial charge in [0, 0.05) is 25.7 Å². The summed E-state index contributed by atoms with van der Waals surface area (Å²) in [5.74, 6) is -1.13. The number of aliphatic hydroxyl groups is 1. The van der Waals surface area contributed by atoms with Gasteiger partial charge in [-0.2, -0.15) is 0 Å². The Morgan fingerprint density at radius 2 is 1.95 bits per heavy atom. The molecule has 0 aliphatic carbocycles. The topological polar surface area (TPSA) is 35.5 Å². The zero-order valence-corrected chi connectivity index (χ0v) is 12.2. The highest BCUT2D eigenvalue weighted by atomic mass is 19.1. The van der Waals surface area contributed by atoms with E-state index < -0.39 is 17.2 Å². The van der Waals surface area contributed by atoms with E-state index in [1.807, 2.05) is 13.8 Å². The standard InChI is InChI=1S/C15H22F2N2O/c1-10(2)18-8-11-6-12(16)14(13(17)7-11)19-5-4-15(3,20)9-19/h6-7,10,18,20H,4-5,8-9H2,1-3H3. The van der Waals surface area contributed by atoms with E-state index in [0.717, 1.165) is 0 Å². The fourth-order valence-corrected chi connectivity index (χ4v) is 2.48. The van der Waals surface area contributed by atoms with Crippen molar-refractivity contribution in [1.29, 1.82) is 0 Å². The minimum atomic E-state index is -0.878. The van der Waals surface area contributed by atoms with Crippen LogP contribution in [0.4, 0.5) is 14.5 Å². The highest BCUT2D eigenvalue weighted by molar-refractivity contribution is 5.52. The molecule has 5 heteroatoms. The number of anilines is 1. The first-order valence-electron chi connectivity index (χ1n) is 6.97. The van der Waals surface area contributed by atoms with E-state index in [9.17, 15) is 13.9 Å². The van der Waals surface area contributed by atoms with Gasteiger partial charge in [-0.3, -0.25) is 0 Å². The van der Waals surface area contributed by atoms with Gasteiger partial charge < -0.3 is 15.3 Å². The molecule has 1 fully saturated rings. The van der Waals surface area contributed by atoms with E-state index >= 15 is 0 Å². The van der Waals surface area contributed by atoms with Crippen molar-refractivity contribution >= 4 is 5.69 Å². The Morgan fingerprint density at radius 1 is 1.35 bits per heavy atom. The van der Waals surface area contributed by atoms with Gasteiger partial charge in [-0.05, 0) is 31.0 Å². The Kier molecular flexibility index (Phi) is 4.30. The molecule has 20 heavy (non-hydrogen) atoms. The molecule has 0 spiro atoms. The maximum atomic E-state index is 14.1.